The van der Waals surface area contributed by atoms with Crippen molar-refractivity contribution in [2.45, 2.75) is 25.4 Å². The van der Waals surface area contributed by atoms with Crippen LogP contribution in [0.2, 0.25) is 0 Å². The van der Waals surface area contributed by atoms with Crippen molar-refractivity contribution >= 4 is 17.0 Å². The number of rotatable bonds is 4. The Hall–Kier alpha value is -3.19. The van der Waals surface area contributed by atoms with Gasteiger partial charge in [-0.1, -0.05) is 41.6 Å². The summed E-state index contributed by atoms with van der Waals surface area (Å²) in [5.74, 6) is 1.60. The van der Waals surface area contributed by atoms with E-state index < -0.39 is 0 Å². The van der Waals surface area contributed by atoms with Crippen LogP contribution in [0, 0.1) is 0 Å². The van der Waals surface area contributed by atoms with Gasteiger partial charge in [0, 0.05) is 24.7 Å². The van der Waals surface area contributed by atoms with Gasteiger partial charge in [0.1, 0.15) is 0 Å². The SMILES string of the molecule is N[C@H]1CCCN(c2nc3ccccc3n2Cc2ccc(-c3ncon3)cc2)C1. The first-order chi connectivity index (χ1) is 13.8. The van der Waals surface area contributed by atoms with Crippen LogP contribution in [0.1, 0.15) is 18.4 Å². The molecular formula is C21H22N6O. The molecule has 2 aromatic carbocycles. The molecule has 7 nitrogen and oxygen atoms in total. The molecule has 0 amide bonds. The number of hydrogen-bond acceptors (Lipinski definition) is 6. The molecule has 5 rings (SSSR count). The summed E-state index contributed by atoms with van der Waals surface area (Å²) < 4.78 is 7.12. The highest BCUT2D eigenvalue weighted by Gasteiger charge is 2.22. The van der Waals surface area contributed by atoms with Crippen LogP contribution in [0.4, 0.5) is 5.95 Å². The number of para-hydroxylation sites is 2. The van der Waals surface area contributed by atoms with E-state index in [1.165, 1.54) is 12.0 Å². The molecule has 1 saturated heterocycles. The average Bonchev–Trinajstić information content (AvgIpc) is 3.38. The van der Waals surface area contributed by atoms with Gasteiger partial charge in [-0.15, -0.1) is 0 Å². The van der Waals surface area contributed by atoms with Crippen LogP contribution >= 0.6 is 0 Å². The number of imidazole rings is 1. The van der Waals surface area contributed by atoms with Gasteiger partial charge in [-0.2, -0.15) is 4.98 Å². The van der Waals surface area contributed by atoms with Crippen molar-refractivity contribution < 1.29 is 4.52 Å². The molecule has 0 radical (unpaired) electrons. The van der Waals surface area contributed by atoms with E-state index in [1.807, 2.05) is 18.2 Å². The molecule has 0 aliphatic carbocycles. The number of anilines is 1. The Bertz CT molecular complexity index is 1070. The fourth-order valence-corrected chi connectivity index (χ4v) is 3.89. The predicted octanol–water partition coefficient (Wildman–Crippen LogP) is 3.06. The topological polar surface area (TPSA) is 86.0 Å². The lowest BCUT2D eigenvalue weighted by Gasteiger charge is -2.32. The van der Waals surface area contributed by atoms with E-state index in [-0.39, 0.29) is 6.04 Å². The van der Waals surface area contributed by atoms with Crippen molar-refractivity contribution in [3.63, 3.8) is 0 Å². The molecule has 7 heteroatoms. The molecule has 0 bridgehead atoms. The summed E-state index contributed by atoms with van der Waals surface area (Å²) in [6, 6.07) is 16.7. The van der Waals surface area contributed by atoms with Gasteiger partial charge in [0.05, 0.1) is 17.6 Å². The first-order valence-electron chi connectivity index (χ1n) is 9.59. The van der Waals surface area contributed by atoms with Crippen LogP contribution in [0.25, 0.3) is 22.4 Å². The first-order valence-corrected chi connectivity index (χ1v) is 9.59. The Kier molecular flexibility index (Phi) is 4.29. The summed E-state index contributed by atoms with van der Waals surface area (Å²) in [4.78, 5) is 11.4. The highest BCUT2D eigenvalue weighted by molar-refractivity contribution is 5.79. The zero-order valence-electron chi connectivity index (χ0n) is 15.5. The maximum absolute atomic E-state index is 6.22. The summed E-state index contributed by atoms with van der Waals surface area (Å²) in [5, 5.41) is 3.90. The molecule has 1 atom stereocenters. The van der Waals surface area contributed by atoms with E-state index in [0.29, 0.717) is 5.82 Å². The molecule has 3 heterocycles. The number of nitrogens with zero attached hydrogens (tertiary/aromatic N) is 5. The molecule has 2 N–H and O–H groups in total. The number of hydrogen-bond donors (Lipinski definition) is 1. The molecule has 0 saturated carbocycles. The number of nitrogens with two attached hydrogens (primary N) is 1. The number of benzene rings is 2. The van der Waals surface area contributed by atoms with E-state index in [0.717, 1.165) is 55.0 Å². The standard InChI is InChI=1S/C21H22N6O/c22-17-4-3-11-26(13-17)21-24-18-5-1-2-6-19(18)27(21)12-15-7-9-16(10-8-15)20-23-14-28-25-20/h1-2,5-10,14,17H,3-4,11-13,22H2/t17-/m0/s1. The van der Waals surface area contributed by atoms with Crippen LogP contribution in [0.3, 0.4) is 0 Å². The second kappa shape index (κ2) is 7.09. The number of fused-ring (bicyclic) bond motifs is 1. The van der Waals surface area contributed by atoms with Gasteiger partial charge < -0.3 is 19.7 Å². The van der Waals surface area contributed by atoms with Gasteiger partial charge >= 0.3 is 0 Å². The molecule has 2 aromatic heterocycles. The zero-order chi connectivity index (χ0) is 18.9. The van der Waals surface area contributed by atoms with Crippen molar-refractivity contribution in [2.24, 2.45) is 5.73 Å². The summed E-state index contributed by atoms with van der Waals surface area (Å²) >= 11 is 0. The van der Waals surface area contributed by atoms with Crippen LogP contribution < -0.4 is 10.6 Å². The van der Waals surface area contributed by atoms with E-state index in [2.05, 4.69) is 49.9 Å². The molecule has 0 spiro atoms. The monoisotopic (exact) mass is 374 g/mol. The molecule has 28 heavy (non-hydrogen) atoms. The van der Waals surface area contributed by atoms with Crippen molar-refractivity contribution in [1.29, 1.82) is 0 Å². The fourth-order valence-electron chi connectivity index (χ4n) is 3.89. The van der Waals surface area contributed by atoms with E-state index in [9.17, 15) is 0 Å². The maximum Gasteiger partial charge on any atom is 0.214 e. The second-order valence-electron chi connectivity index (χ2n) is 7.29. The van der Waals surface area contributed by atoms with Crippen LogP contribution in [0.5, 0.6) is 0 Å². The third kappa shape index (κ3) is 3.14. The van der Waals surface area contributed by atoms with E-state index >= 15 is 0 Å². The van der Waals surface area contributed by atoms with Crippen LogP contribution in [0.15, 0.2) is 59.4 Å². The van der Waals surface area contributed by atoms with Gasteiger partial charge in [-0.05, 0) is 30.5 Å². The predicted molar refractivity (Wildman–Crippen MR) is 108 cm³/mol. The van der Waals surface area contributed by atoms with Crippen molar-refractivity contribution in [3.05, 3.63) is 60.5 Å². The van der Waals surface area contributed by atoms with Gasteiger partial charge in [0.25, 0.3) is 0 Å². The minimum atomic E-state index is 0.205. The molecule has 1 aliphatic rings. The Morgan fingerprint density at radius 3 is 2.75 bits per heavy atom. The molecule has 142 valence electrons. The fraction of sp³-hybridized carbons (Fsp3) is 0.286. The largest absolute Gasteiger partial charge is 0.342 e. The quantitative estimate of drug-likeness (QED) is 0.591. The highest BCUT2D eigenvalue weighted by Crippen LogP contribution is 2.26. The zero-order valence-corrected chi connectivity index (χ0v) is 15.5. The summed E-state index contributed by atoms with van der Waals surface area (Å²) in [6.07, 6.45) is 3.52. The van der Waals surface area contributed by atoms with Gasteiger partial charge in [-0.3, -0.25) is 0 Å². The Morgan fingerprint density at radius 2 is 1.96 bits per heavy atom. The smallest absolute Gasteiger partial charge is 0.214 e. The van der Waals surface area contributed by atoms with Crippen molar-refractivity contribution in [3.8, 4) is 11.4 Å². The first kappa shape index (κ1) is 16.9. The molecule has 4 aromatic rings. The Labute approximate surface area is 162 Å². The lowest BCUT2D eigenvalue weighted by Crippen LogP contribution is -2.44. The third-order valence-electron chi connectivity index (χ3n) is 5.29. The summed E-state index contributed by atoms with van der Waals surface area (Å²) in [5.41, 5.74) is 10.5. The second-order valence-corrected chi connectivity index (χ2v) is 7.29. The van der Waals surface area contributed by atoms with E-state index in [1.54, 1.807) is 0 Å². The molecule has 1 fully saturated rings. The van der Waals surface area contributed by atoms with Crippen molar-refractivity contribution in [1.82, 2.24) is 19.7 Å². The van der Waals surface area contributed by atoms with Crippen molar-refractivity contribution in [2.75, 3.05) is 18.0 Å². The Balaban J connectivity index is 1.50. The van der Waals surface area contributed by atoms with Gasteiger partial charge in [0.15, 0.2) is 0 Å². The summed E-state index contributed by atoms with van der Waals surface area (Å²) in [6.45, 7) is 2.59. The minimum absolute atomic E-state index is 0.205. The number of piperidine rings is 1. The van der Waals surface area contributed by atoms with Gasteiger partial charge in [-0.25, -0.2) is 4.98 Å². The average molecular weight is 374 g/mol. The van der Waals surface area contributed by atoms with Crippen LogP contribution in [-0.2, 0) is 6.54 Å². The van der Waals surface area contributed by atoms with E-state index in [4.69, 9.17) is 15.2 Å². The third-order valence-corrected chi connectivity index (χ3v) is 5.29. The lowest BCUT2D eigenvalue weighted by atomic mass is 10.1. The maximum atomic E-state index is 6.22. The van der Waals surface area contributed by atoms with Gasteiger partial charge in [0.2, 0.25) is 18.2 Å². The summed E-state index contributed by atoms with van der Waals surface area (Å²) in [7, 11) is 0. The number of aromatic nitrogens is 4. The van der Waals surface area contributed by atoms with Crippen LogP contribution in [-0.4, -0.2) is 38.8 Å². The molecule has 1 aliphatic heterocycles. The molecule has 0 unspecified atom stereocenters. The normalized spacial score (nSPS) is 17.3. The minimum Gasteiger partial charge on any atom is -0.342 e. The lowest BCUT2D eigenvalue weighted by molar-refractivity contribution is 0.419. The Morgan fingerprint density at radius 1 is 1.11 bits per heavy atom. The highest BCUT2D eigenvalue weighted by atomic mass is 16.5. The molecular weight excluding hydrogens is 352 g/mol.